The van der Waals surface area contributed by atoms with Crippen LogP contribution in [0.25, 0.3) is 11.3 Å². The largest absolute Gasteiger partial charge is 0.354 e. The van der Waals surface area contributed by atoms with Crippen LogP contribution in [0.5, 0.6) is 0 Å². The van der Waals surface area contributed by atoms with Gasteiger partial charge in [0.25, 0.3) is 0 Å². The number of anilines is 1. The number of carbonyl (C=O) groups is 1. The molecule has 0 spiro atoms. The third kappa shape index (κ3) is 4.90. The number of rotatable bonds is 5. The zero-order valence-corrected chi connectivity index (χ0v) is 16.7. The molecule has 0 saturated carbocycles. The van der Waals surface area contributed by atoms with Gasteiger partial charge in [0.05, 0.1) is 11.6 Å². The van der Waals surface area contributed by atoms with Gasteiger partial charge in [-0.2, -0.15) is 0 Å². The summed E-state index contributed by atoms with van der Waals surface area (Å²) in [5, 5.41) is 12.5. The summed E-state index contributed by atoms with van der Waals surface area (Å²) >= 11 is 5.94. The van der Waals surface area contributed by atoms with Crippen LogP contribution in [-0.4, -0.2) is 34.2 Å². The van der Waals surface area contributed by atoms with E-state index in [2.05, 4.69) is 25.4 Å². The number of hydrogen-bond acceptors (Lipinski definition) is 5. The van der Waals surface area contributed by atoms with Crippen molar-refractivity contribution in [2.75, 3.05) is 18.0 Å². The lowest BCUT2D eigenvalue weighted by atomic mass is 9.97. The predicted octanol–water partition coefficient (Wildman–Crippen LogP) is 3.72. The SMILES string of the molecule is O=C(NCc1ccncc1)C1CCCN(c2ccc(-c3ccc(Cl)cc3)nn2)C1. The summed E-state index contributed by atoms with van der Waals surface area (Å²) in [6.07, 6.45) is 5.30. The van der Waals surface area contributed by atoms with Crippen LogP contribution < -0.4 is 10.2 Å². The molecule has 1 N–H and O–H groups in total. The highest BCUT2D eigenvalue weighted by Crippen LogP contribution is 2.24. The second-order valence-electron chi connectivity index (χ2n) is 7.14. The van der Waals surface area contributed by atoms with Crippen LogP contribution in [-0.2, 0) is 11.3 Å². The molecule has 1 amide bonds. The Kier molecular flexibility index (Phi) is 6.00. The number of nitrogens with one attached hydrogen (secondary N) is 1. The Hall–Kier alpha value is -2.99. The number of nitrogens with zero attached hydrogens (tertiary/aromatic N) is 4. The molecule has 1 unspecified atom stereocenters. The molecule has 3 aromatic rings. The number of pyridine rings is 1. The van der Waals surface area contributed by atoms with E-state index in [0.717, 1.165) is 42.0 Å². The molecule has 2 aromatic heterocycles. The summed E-state index contributed by atoms with van der Waals surface area (Å²) in [5.41, 5.74) is 2.82. The van der Waals surface area contributed by atoms with Crippen LogP contribution in [0.4, 0.5) is 5.82 Å². The van der Waals surface area contributed by atoms with Crippen LogP contribution in [0.15, 0.2) is 60.9 Å². The zero-order chi connectivity index (χ0) is 20.1. The van der Waals surface area contributed by atoms with Gasteiger partial charge in [0, 0.05) is 42.6 Å². The van der Waals surface area contributed by atoms with Gasteiger partial charge < -0.3 is 10.2 Å². The molecule has 148 valence electrons. The quantitative estimate of drug-likeness (QED) is 0.697. The van der Waals surface area contributed by atoms with E-state index in [1.54, 1.807) is 12.4 Å². The standard InChI is InChI=1S/C22H22ClN5O/c23-19-5-3-17(4-6-19)20-7-8-21(27-26-20)28-13-1-2-18(15-28)22(29)25-14-16-9-11-24-12-10-16/h3-12,18H,1-2,13-15H2,(H,25,29). The normalized spacial score (nSPS) is 16.4. The van der Waals surface area contributed by atoms with E-state index in [9.17, 15) is 4.79 Å². The van der Waals surface area contributed by atoms with Crippen molar-refractivity contribution in [2.45, 2.75) is 19.4 Å². The Balaban J connectivity index is 1.37. The molecule has 1 fully saturated rings. The predicted molar refractivity (Wildman–Crippen MR) is 113 cm³/mol. The van der Waals surface area contributed by atoms with Crippen LogP contribution >= 0.6 is 11.6 Å². The molecule has 1 aliphatic heterocycles. The Labute approximate surface area is 174 Å². The van der Waals surface area contributed by atoms with E-state index < -0.39 is 0 Å². The van der Waals surface area contributed by atoms with Gasteiger partial charge in [0.15, 0.2) is 5.82 Å². The Bertz CT molecular complexity index is 947. The van der Waals surface area contributed by atoms with Crippen molar-refractivity contribution >= 4 is 23.3 Å². The molecule has 29 heavy (non-hydrogen) atoms. The minimum atomic E-state index is -0.0525. The molecule has 0 aliphatic carbocycles. The van der Waals surface area contributed by atoms with Gasteiger partial charge in [0.1, 0.15) is 0 Å². The number of halogens is 1. The lowest BCUT2D eigenvalue weighted by Crippen LogP contribution is -2.43. The van der Waals surface area contributed by atoms with Gasteiger partial charge in [-0.3, -0.25) is 9.78 Å². The Morgan fingerprint density at radius 1 is 1.07 bits per heavy atom. The number of benzene rings is 1. The third-order valence-corrected chi connectivity index (χ3v) is 5.37. The maximum absolute atomic E-state index is 12.6. The van der Waals surface area contributed by atoms with Gasteiger partial charge in [-0.15, -0.1) is 10.2 Å². The van der Waals surface area contributed by atoms with Crippen molar-refractivity contribution in [3.63, 3.8) is 0 Å². The number of amides is 1. The second-order valence-corrected chi connectivity index (χ2v) is 7.58. The van der Waals surface area contributed by atoms with Crippen molar-refractivity contribution in [1.82, 2.24) is 20.5 Å². The van der Waals surface area contributed by atoms with Gasteiger partial charge in [-0.05, 0) is 54.8 Å². The summed E-state index contributed by atoms with van der Waals surface area (Å²) in [6.45, 7) is 2.05. The Morgan fingerprint density at radius 3 is 2.59 bits per heavy atom. The highest BCUT2D eigenvalue weighted by Gasteiger charge is 2.26. The average Bonchev–Trinajstić information content (AvgIpc) is 2.79. The molecule has 1 aromatic carbocycles. The molecule has 0 radical (unpaired) electrons. The minimum Gasteiger partial charge on any atom is -0.354 e. The number of carbonyl (C=O) groups excluding carboxylic acids is 1. The van der Waals surface area contributed by atoms with Crippen LogP contribution in [0.1, 0.15) is 18.4 Å². The Morgan fingerprint density at radius 2 is 1.86 bits per heavy atom. The number of aromatic nitrogens is 3. The molecule has 4 rings (SSSR count). The van der Waals surface area contributed by atoms with Crippen molar-refractivity contribution in [3.8, 4) is 11.3 Å². The van der Waals surface area contributed by atoms with Crippen LogP contribution in [0, 0.1) is 5.92 Å². The molecular weight excluding hydrogens is 386 g/mol. The van der Waals surface area contributed by atoms with Crippen molar-refractivity contribution in [3.05, 3.63) is 71.5 Å². The van der Waals surface area contributed by atoms with E-state index in [4.69, 9.17) is 11.6 Å². The van der Waals surface area contributed by atoms with Crippen molar-refractivity contribution < 1.29 is 4.79 Å². The highest BCUT2D eigenvalue weighted by atomic mass is 35.5. The van der Waals surface area contributed by atoms with E-state index in [1.165, 1.54) is 0 Å². The van der Waals surface area contributed by atoms with E-state index in [1.807, 2.05) is 48.5 Å². The average molecular weight is 408 g/mol. The lowest BCUT2D eigenvalue weighted by Gasteiger charge is -2.32. The van der Waals surface area contributed by atoms with Gasteiger partial charge >= 0.3 is 0 Å². The van der Waals surface area contributed by atoms with E-state index in [-0.39, 0.29) is 11.8 Å². The summed E-state index contributed by atoms with van der Waals surface area (Å²) in [7, 11) is 0. The van der Waals surface area contributed by atoms with Gasteiger partial charge in [0.2, 0.25) is 5.91 Å². The maximum atomic E-state index is 12.6. The second kappa shape index (κ2) is 9.01. The molecule has 0 bridgehead atoms. The first-order chi connectivity index (χ1) is 14.2. The third-order valence-electron chi connectivity index (χ3n) is 5.12. The fourth-order valence-electron chi connectivity index (χ4n) is 3.50. The van der Waals surface area contributed by atoms with Crippen LogP contribution in [0.2, 0.25) is 5.02 Å². The lowest BCUT2D eigenvalue weighted by molar-refractivity contribution is -0.125. The molecule has 1 atom stereocenters. The van der Waals surface area contributed by atoms with Gasteiger partial charge in [-0.1, -0.05) is 23.7 Å². The number of piperidine rings is 1. The molecule has 6 nitrogen and oxygen atoms in total. The van der Waals surface area contributed by atoms with Crippen LogP contribution in [0.3, 0.4) is 0 Å². The smallest absolute Gasteiger partial charge is 0.225 e. The summed E-state index contributed by atoms with van der Waals surface area (Å²) in [5.74, 6) is 0.829. The minimum absolute atomic E-state index is 0.0525. The zero-order valence-electron chi connectivity index (χ0n) is 16.0. The van der Waals surface area contributed by atoms with E-state index >= 15 is 0 Å². The summed E-state index contributed by atoms with van der Waals surface area (Å²) in [4.78, 5) is 18.7. The van der Waals surface area contributed by atoms with Crippen molar-refractivity contribution in [2.24, 2.45) is 5.92 Å². The monoisotopic (exact) mass is 407 g/mol. The topological polar surface area (TPSA) is 71.0 Å². The molecule has 1 saturated heterocycles. The first-order valence-electron chi connectivity index (χ1n) is 9.70. The maximum Gasteiger partial charge on any atom is 0.225 e. The number of hydrogen-bond donors (Lipinski definition) is 1. The summed E-state index contributed by atoms with van der Waals surface area (Å²) < 4.78 is 0. The highest BCUT2D eigenvalue weighted by molar-refractivity contribution is 6.30. The fraction of sp³-hybridized carbons (Fsp3) is 0.273. The van der Waals surface area contributed by atoms with Crippen molar-refractivity contribution in [1.29, 1.82) is 0 Å². The first-order valence-corrected chi connectivity index (χ1v) is 10.1. The fourth-order valence-corrected chi connectivity index (χ4v) is 3.63. The first kappa shape index (κ1) is 19.3. The molecule has 1 aliphatic rings. The molecular formula is C22H22ClN5O. The summed E-state index contributed by atoms with van der Waals surface area (Å²) in [6, 6.07) is 15.3. The molecule has 7 heteroatoms. The van der Waals surface area contributed by atoms with Gasteiger partial charge in [-0.25, -0.2) is 0 Å². The van der Waals surface area contributed by atoms with E-state index in [0.29, 0.717) is 18.1 Å². The molecule has 3 heterocycles.